The molecule has 0 atom stereocenters. The predicted molar refractivity (Wildman–Crippen MR) is 195 cm³/mol. The van der Waals surface area contributed by atoms with E-state index in [1.54, 1.807) is 0 Å². The molecule has 0 fully saturated rings. The molecule has 6 rings (SSSR count). The third-order valence-electron chi connectivity index (χ3n) is 9.48. The molecule has 0 aliphatic heterocycles. The molecule has 38 heavy (non-hydrogen) atoms. The molecule has 6 aromatic rings. The topological polar surface area (TPSA) is 0 Å². The summed E-state index contributed by atoms with van der Waals surface area (Å²) in [7, 11) is 18.5. The van der Waals surface area contributed by atoms with E-state index < -0.39 is 0 Å². The molecule has 0 spiro atoms. The Morgan fingerprint density at radius 3 is 1.18 bits per heavy atom. The molecule has 0 heterocycles. The fourth-order valence-electron chi connectivity index (χ4n) is 6.65. The van der Waals surface area contributed by atoms with Crippen LogP contribution in [0.2, 0.25) is 0 Å². The Hall–Kier alpha value is -3.38. The SMILES string of the molecule is Bc1c(B)c(B)c2c(-c3ccc4ccccc4c3)c3c(B)c(B)c(B)c(B)c3c(-c3ccccc3)c2c1B. The maximum Gasteiger partial charge on any atom is 0.139 e. The minimum atomic E-state index is 1.28. The Morgan fingerprint density at radius 2 is 0.711 bits per heavy atom. The van der Waals surface area contributed by atoms with Crippen LogP contribution in [0.5, 0.6) is 0 Å². The number of fused-ring (bicyclic) bond motifs is 3. The Bertz CT molecular complexity index is 1860. The Kier molecular flexibility index (Phi) is 5.98. The van der Waals surface area contributed by atoms with E-state index in [4.69, 9.17) is 0 Å². The lowest BCUT2D eigenvalue weighted by Gasteiger charge is -2.28. The van der Waals surface area contributed by atoms with Crippen molar-refractivity contribution in [3.63, 3.8) is 0 Å². The fraction of sp³-hybridized carbons (Fsp3) is 0. The maximum absolute atomic E-state index is 2.40. The van der Waals surface area contributed by atoms with Crippen LogP contribution < -0.4 is 43.7 Å². The quantitative estimate of drug-likeness (QED) is 0.174. The molecule has 0 unspecified atom stereocenters. The second kappa shape index (κ2) is 9.12. The third kappa shape index (κ3) is 3.49. The lowest BCUT2D eigenvalue weighted by molar-refractivity contribution is 1.69. The van der Waals surface area contributed by atoms with Gasteiger partial charge in [0.15, 0.2) is 0 Å². The summed E-state index contributed by atoms with van der Waals surface area (Å²) in [4.78, 5) is 0. The number of rotatable bonds is 2. The summed E-state index contributed by atoms with van der Waals surface area (Å²) in [6.07, 6.45) is 0. The smallest absolute Gasteiger partial charge is 0.101 e. The number of hydrogen-bond donors (Lipinski definition) is 0. The number of hydrogen-bond acceptors (Lipinski definition) is 0. The summed E-state index contributed by atoms with van der Waals surface area (Å²) in [5.74, 6) is 0. The molecule has 0 bridgehead atoms. The van der Waals surface area contributed by atoms with E-state index >= 15 is 0 Å². The maximum atomic E-state index is 2.40. The third-order valence-corrected chi connectivity index (χ3v) is 9.48. The summed E-state index contributed by atoms with van der Waals surface area (Å²) in [5.41, 5.74) is 16.5. The zero-order valence-corrected chi connectivity index (χ0v) is 23.9. The second-order valence-electron chi connectivity index (χ2n) is 11.2. The molecule has 8 heteroatoms. The molecular weight excluding hydrogens is 447 g/mol. The van der Waals surface area contributed by atoms with Crippen molar-refractivity contribution in [2.75, 3.05) is 0 Å². The molecule has 0 amide bonds. The monoisotopic (exact) mass is 476 g/mol. The van der Waals surface area contributed by atoms with Crippen molar-refractivity contribution in [2.24, 2.45) is 0 Å². The second-order valence-corrected chi connectivity index (χ2v) is 11.2. The summed E-state index contributed by atoms with van der Waals surface area (Å²) in [6.45, 7) is 0. The van der Waals surface area contributed by atoms with Crippen molar-refractivity contribution in [2.45, 2.75) is 0 Å². The fourth-order valence-corrected chi connectivity index (χ4v) is 6.65. The van der Waals surface area contributed by atoms with Gasteiger partial charge in [0.2, 0.25) is 0 Å². The molecule has 0 N–H and O–H groups in total. The molecule has 0 aliphatic rings. The van der Waals surface area contributed by atoms with Crippen LogP contribution in [0.4, 0.5) is 0 Å². The van der Waals surface area contributed by atoms with E-state index in [1.165, 1.54) is 98.3 Å². The molecule has 172 valence electrons. The van der Waals surface area contributed by atoms with Gasteiger partial charge in [-0.05, 0) is 60.6 Å². The highest BCUT2D eigenvalue weighted by molar-refractivity contribution is 6.71. The molecule has 0 saturated heterocycles. The van der Waals surface area contributed by atoms with E-state index in [-0.39, 0.29) is 0 Å². The summed E-state index contributed by atoms with van der Waals surface area (Å²) >= 11 is 0. The van der Waals surface area contributed by atoms with Crippen molar-refractivity contribution in [1.29, 1.82) is 0 Å². The van der Waals surface area contributed by atoms with E-state index in [2.05, 4.69) is 136 Å². The van der Waals surface area contributed by atoms with Crippen molar-refractivity contribution >= 4 is 139 Å². The van der Waals surface area contributed by atoms with Crippen LogP contribution >= 0.6 is 0 Å². The van der Waals surface area contributed by atoms with Crippen LogP contribution in [-0.4, -0.2) is 62.8 Å². The van der Waals surface area contributed by atoms with Gasteiger partial charge in [-0.2, -0.15) is 0 Å². The van der Waals surface area contributed by atoms with Crippen molar-refractivity contribution in [3.05, 3.63) is 72.8 Å². The molecule has 0 aliphatic carbocycles. The summed E-state index contributed by atoms with van der Waals surface area (Å²) in [5, 5.41) is 8.17. The largest absolute Gasteiger partial charge is 0.139 e. The van der Waals surface area contributed by atoms with Crippen LogP contribution in [0.3, 0.4) is 0 Å². The number of benzene rings is 6. The van der Waals surface area contributed by atoms with Gasteiger partial charge in [-0.25, -0.2) is 0 Å². The van der Waals surface area contributed by atoms with Gasteiger partial charge in [-0.3, -0.25) is 0 Å². The average Bonchev–Trinajstić information content (AvgIpc) is 2.95. The highest BCUT2D eigenvalue weighted by Crippen LogP contribution is 2.41. The molecule has 0 aromatic heterocycles. The zero-order chi connectivity index (χ0) is 26.9. The predicted octanol–water partition coefficient (Wildman–Crippen LogP) is -5.45. The van der Waals surface area contributed by atoms with Crippen LogP contribution in [-0.2, 0) is 0 Å². The molecule has 6 aromatic carbocycles. The van der Waals surface area contributed by atoms with Crippen LogP contribution in [0.1, 0.15) is 0 Å². The molecule has 0 radical (unpaired) electrons. The highest BCUT2D eigenvalue weighted by atomic mass is 14.2. The normalized spacial score (nSPS) is 11.5. The van der Waals surface area contributed by atoms with Gasteiger partial charge in [0.1, 0.15) is 62.8 Å². The lowest BCUT2D eigenvalue weighted by Crippen LogP contribution is -2.50. The van der Waals surface area contributed by atoms with Gasteiger partial charge in [0, 0.05) is 0 Å². The van der Waals surface area contributed by atoms with E-state index in [1.807, 2.05) is 0 Å². The van der Waals surface area contributed by atoms with Gasteiger partial charge < -0.3 is 0 Å². The zero-order valence-electron chi connectivity index (χ0n) is 23.9. The minimum absolute atomic E-state index is 1.28. The van der Waals surface area contributed by atoms with Gasteiger partial charge in [-0.1, -0.05) is 88.6 Å². The van der Waals surface area contributed by atoms with E-state index in [0.717, 1.165) is 0 Å². The Labute approximate surface area is 233 Å². The first kappa shape index (κ1) is 24.9. The van der Waals surface area contributed by atoms with Gasteiger partial charge >= 0.3 is 0 Å². The van der Waals surface area contributed by atoms with Crippen molar-refractivity contribution in [3.8, 4) is 22.3 Å². The molecule has 0 nitrogen and oxygen atoms in total. The Balaban J connectivity index is 2.00. The first-order valence-electron chi connectivity index (χ1n) is 13.7. The first-order valence-corrected chi connectivity index (χ1v) is 13.7. The van der Waals surface area contributed by atoms with Crippen molar-refractivity contribution < 1.29 is 0 Å². The van der Waals surface area contributed by atoms with Crippen LogP contribution in [0.15, 0.2) is 72.8 Å². The first-order chi connectivity index (χ1) is 18.2. The van der Waals surface area contributed by atoms with Gasteiger partial charge in [-0.15, -0.1) is 21.9 Å². The van der Waals surface area contributed by atoms with Crippen LogP contribution in [0.25, 0.3) is 54.6 Å². The summed E-state index contributed by atoms with van der Waals surface area (Å²) in [6, 6.07) is 26.8. The molecule has 0 saturated carbocycles. The summed E-state index contributed by atoms with van der Waals surface area (Å²) < 4.78 is 0. The average molecular weight is 475 g/mol. The molecular formula is C30H28B8. The minimum Gasteiger partial charge on any atom is -0.101 e. The van der Waals surface area contributed by atoms with Gasteiger partial charge in [0.25, 0.3) is 0 Å². The van der Waals surface area contributed by atoms with Crippen molar-refractivity contribution in [1.82, 2.24) is 0 Å². The standard InChI is InChI=1S/C30H28B8/c31-23-19-17(14-7-2-1-3-8-14)20-22(26(34)30(38)28(36)24(20)32)18(21(19)25(33)29(37)27(23)35)16-11-10-13-6-4-5-9-15(13)12-16/h1-12H,31-38H2. The van der Waals surface area contributed by atoms with E-state index in [9.17, 15) is 0 Å². The Morgan fingerprint density at radius 1 is 0.316 bits per heavy atom. The highest BCUT2D eigenvalue weighted by Gasteiger charge is 2.24. The van der Waals surface area contributed by atoms with Crippen LogP contribution in [0, 0.1) is 0 Å². The lowest BCUT2D eigenvalue weighted by atomic mass is 9.59. The van der Waals surface area contributed by atoms with Gasteiger partial charge in [0.05, 0.1) is 0 Å². The van der Waals surface area contributed by atoms with E-state index in [0.29, 0.717) is 0 Å².